The molecule has 7 nitrogen and oxygen atoms in total. The number of rotatable bonds is 7. The third kappa shape index (κ3) is 4.28. The van der Waals surface area contributed by atoms with Crippen LogP contribution in [0.5, 0.6) is 5.88 Å². The standard InChI is InChI=1S/C19H17FN4O3/c20-15-5-3-13(4-6-15)18-14(11-27-24-18)10-26-17-9-21-16(8-22-17)19(25)23-7-12-1-2-12/h3-6,8-9,11-12H,1-2,7,10H2,(H,23,25). The third-order valence-corrected chi connectivity index (χ3v) is 4.25. The predicted octanol–water partition coefficient (Wildman–Crippen LogP) is 2.99. The number of halogens is 1. The minimum Gasteiger partial charge on any atom is -0.471 e. The van der Waals surface area contributed by atoms with Gasteiger partial charge < -0.3 is 14.6 Å². The molecule has 4 rings (SSSR count). The lowest BCUT2D eigenvalue weighted by atomic mass is 10.1. The van der Waals surface area contributed by atoms with Crippen molar-refractivity contribution in [1.82, 2.24) is 20.4 Å². The number of amides is 1. The Hall–Kier alpha value is -3.29. The molecule has 27 heavy (non-hydrogen) atoms. The molecule has 1 aliphatic carbocycles. The highest BCUT2D eigenvalue weighted by Gasteiger charge is 2.22. The van der Waals surface area contributed by atoms with Gasteiger partial charge in [0.15, 0.2) is 0 Å². The van der Waals surface area contributed by atoms with Crippen LogP contribution < -0.4 is 10.1 Å². The molecule has 0 bridgehead atoms. The average molecular weight is 368 g/mol. The fraction of sp³-hybridized carbons (Fsp3) is 0.263. The van der Waals surface area contributed by atoms with Crippen molar-refractivity contribution in [3.8, 4) is 17.1 Å². The van der Waals surface area contributed by atoms with E-state index in [0.717, 1.165) is 5.56 Å². The van der Waals surface area contributed by atoms with Crippen molar-refractivity contribution in [3.63, 3.8) is 0 Å². The van der Waals surface area contributed by atoms with E-state index in [1.807, 2.05) is 0 Å². The van der Waals surface area contributed by atoms with Crippen LogP contribution in [-0.2, 0) is 6.61 Å². The fourth-order valence-electron chi connectivity index (χ4n) is 2.51. The zero-order chi connectivity index (χ0) is 18.6. The Morgan fingerprint density at radius 2 is 2.04 bits per heavy atom. The molecule has 2 heterocycles. The SMILES string of the molecule is O=C(NCC1CC1)c1cnc(OCc2conc2-c2ccc(F)cc2)cn1. The monoisotopic (exact) mass is 368 g/mol. The summed E-state index contributed by atoms with van der Waals surface area (Å²) in [6.45, 7) is 0.830. The van der Waals surface area contributed by atoms with Crippen molar-refractivity contribution in [3.05, 3.63) is 60.0 Å². The zero-order valence-corrected chi connectivity index (χ0v) is 14.4. The van der Waals surface area contributed by atoms with Crippen LogP contribution in [-0.4, -0.2) is 27.6 Å². The second-order valence-corrected chi connectivity index (χ2v) is 6.38. The quantitative estimate of drug-likeness (QED) is 0.689. The smallest absolute Gasteiger partial charge is 0.271 e. The van der Waals surface area contributed by atoms with E-state index >= 15 is 0 Å². The molecule has 0 radical (unpaired) electrons. The Bertz CT molecular complexity index is 921. The summed E-state index contributed by atoms with van der Waals surface area (Å²) in [6, 6.07) is 5.94. The lowest BCUT2D eigenvalue weighted by molar-refractivity contribution is 0.0946. The summed E-state index contributed by atoms with van der Waals surface area (Å²) >= 11 is 0. The van der Waals surface area contributed by atoms with E-state index in [2.05, 4.69) is 20.4 Å². The van der Waals surface area contributed by atoms with Gasteiger partial charge in [-0.2, -0.15) is 0 Å². The van der Waals surface area contributed by atoms with Crippen molar-refractivity contribution in [2.24, 2.45) is 5.92 Å². The Morgan fingerprint density at radius 1 is 1.22 bits per heavy atom. The van der Waals surface area contributed by atoms with Gasteiger partial charge >= 0.3 is 0 Å². The Balaban J connectivity index is 1.37. The first-order valence-electron chi connectivity index (χ1n) is 8.61. The van der Waals surface area contributed by atoms with Crippen LogP contribution in [0.3, 0.4) is 0 Å². The number of ether oxygens (including phenoxy) is 1. The maximum absolute atomic E-state index is 13.1. The van der Waals surface area contributed by atoms with E-state index in [-0.39, 0.29) is 29.9 Å². The highest BCUT2D eigenvalue weighted by Crippen LogP contribution is 2.27. The van der Waals surface area contributed by atoms with Crippen molar-refractivity contribution in [2.75, 3.05) is 6.54 Å². The van der Waals surface area contributed by atoms with E-state index < -0.39 is 0 Å². The lowest BCUT2D eigenvalue weighted by Crippen LogP contribution is -2.26. The van der Waals surface area contributed by atoms with Gasteiger partial charge in [0, 0.05) is 12.1 Å². The van der Waals surface area contributed by atoms with Gasteiger partial charge in [-0.25, -0.2) is 14.4 Å². The van der Waals surface area contributed by atoms with Gasteiger partial charge in [-0.3, -0.25) is 4.79 Å². The zero-order valence-electron chi connectivity index (χ0n) is 14.4. The number of nitrogens with one attached hydrogen (secondary N) is 1. The number of carbonyl (C=O) groups is 1. The molecule has 1 aliphatic rings. The largest absolute Gasteiger partial charge is 0.471 e. The van der Waals surface area contributed by atoms with E-state index in [9.17, 15) is 9.18 Å². The van der Waals surface area contributed by atoms with Gasteiger partial charge in [0.25, 0.3) is 5.91 Å². The molecule has 1 N–H and O–H groups in total. The molecular formula is C19H17FN4O3. The Labute approximate surface area is 154 Å². The summed E-state index contributed by atoms with van der Waals surface area (Å²) in [5.74, 6) is 0.318. The van der Waals surface area contributed by atoms with Crippen LogP contribution in [0.4, 0.5) is 4.39 Å². The second kappa shape index (κ2) is 7.53. The van der Waals surface area contributed by atoms with Crippen molar-refractivity contribution in [2.45, 2.75) is 19.4 Å². The second-order valence-electron chi connectivity index (χ2n) is 6.38. The van der Waals surface area contributed by atoms with Crippen molar-refractivity contribution < 1.29 is 18.4 Å². The lowest BCUT2D eigenvalue weighted by Gasteiger charge is -2.06. The van der Waals surface area contributed by atoms with Gasteiger partial charge in [0.05, 0.1) is 18.0 Å². The van der Waals surface area contributed by atoms with Crippen LogP contribution >= 0.6 is 0 Å². The van der Waals surface area contributed by atoms with Gasteiger partial charge in [-0.1, -0.05) is 5.16 Å². The molecule has 1 amide bonds. The predicted molar refractivity (Wildman–Crippen MR) is 93.3 cm³/mol. The highest BCUT2D eigenvalue weighted by molar-refractivity contribution is 5.91. The van der Waals surface area contributed by atoms with Gasteiger partial charge in [0.1, 0.15) is 30.1 Å². The van der Waals surface area contributed by atoms with Crippen LogP contribution in [0, 0.1) is 11.7 Å². The molecule has 0 aliphatic heterocycles. The molecule has 3 aromatic rings. The first kappa shape index (κ1) is 17.1. The molecule has 1 fully saturated rings. The highest BCUT2D eigenvalue weighted by atomic mass is 19.1. The maximum atomic E-state index is 13.1. The van der Waals surface area contributed by atoms with Crippen molar-refractivity contribution in [1.29, 1.82) is 0 Å². The molecular weight excluding hydrogens is 351 g/mol. The number of hydrogen-bond acceptors (Lipinski definition) is 6. The normalized spacial score (nSPS) is 13.4. The molecule has 1 saturated carbocycles. The van der Waals surface area contributed by atoms with Crippen LogP contribution in [0.2, 0.25) is 0 Å². The fourth-order valence-corrected chi connectivity index (χ4v) is 2.51. The van der Waals surface area contributed by atoms with E-state index in [0.29, 0.717) is 23.7 Å². The summed E-state index contributed by atoms with van der Waals surface area (Å²) in [6.07, 6.45) is 6.58. The summed E-state index contributed by atoms with van der Waals surface area (Å²) < 4.78 is 23.7. The molecule has 8 heteroatoms. The first-order chi connectivity index (χ1) is 13.2. The number of benzene rings is 1. The maximum Gasteiger partial charge on any atom is 0.271 e. The molecule has 0 unspecified atom stereocenters. The van der Waals surface area contributed by atoms with Gasteiger partial charge in [0.2, 0.25) is 5.88 Å². The summed E-state index contributed by atoms with van der Waals surface area (Å²) in [5, 5.41) is 6.77. The molecule has 0 spiro atoms. The van der Waals surface area contributed by atoms with E-state index in [1.54, 1.807) is 12.1 Å². The summed E-state index contributed by atoms with van der Waals surface area (Å²) in [5.41, 5.74) is 2.23. The molecule has 2 aromatic heterocycles. The molecule has 138 valence electrons. The minimum absolute atomic E-state index is 0.151. The van der Waals surface area contributed by atoms with E-state index in [1.165, 1.54) is 43.6 Å². The van der Waals surface area contributed by atoms with Crippen LogP contribution in [0.1, 0.15) is 28.9 Å². The Kier molecular flexibility index (Phi) is 4.78. The molecule has 0 saturated heterocycles. The third-order valence-electron chi connectivity index (χ3n) is 4.25. The summed E-state index contributed by atoms with van der Waals surface area (Å²) in [7, 11) is 0. The molecule has 1 aromatic carbocycles. The summed E-state index contributed by atoms with van der Waals surface area (Å²) in [4.78, 5) is 20.2. The number of hydrogen-bond donors (Lipinski definition) is 1. The topological polar surface area (TPSA) is 90.1 Å². The number of carbonyl (C=O) groups excluding carboxylic acids is 1. The number of aromatic nitrogens is 3. The van der Waals surface area contributed by atoms with Gasteiger partial charge in [-0.05, 0) is 43.0 Å². The van der Waals surface area contributed by atoms with Crippen LogP contribution in [0.15, 0.2) is 47.4 Å². The first-order valence-corrected chi connectivity index (χ1v) is 8.61. The van der Waals surface area contributed by atoms with E-state index in [4.69, 9.17) is 9.26 Å². The van der Waals surface area contributed by atoms with Crippen molar-refractivity contribution >= 4 is 5.91 Å². The molecule has 0 atom stereocenters. The minimum atomic E-state index is -0.323. The van der Waals surface area contributed by atoms with Crippen LogP contribution in [0.25, 0.3) is 11.3 Å². The Morgan fingerprint density at radius 3 is 2.74 bits per heavy atom. The average Bonchev–Trinajstić information content (AvgIpc) is 3.41. The number of nitrogens with zero attached hydrogens (tertiary/aromatic N) is 3. The van der Waals surface area contributed by atoms with Gasteiger partial charge in [-0.15, -0.1) is 0 Å².